The molecule has 3 heteroatoms. The molecule has 3 rings (SSSR count). The van der Waals surface area contributed by atoms with Crippen molar-refractivity contribution in [1.82, 2.24) is 4.90 Å². The van der Waals surface area contributed by atoms with E-state index in [0.29, 0.717) is 6.04 Å². The Morgan fingerprint density at radius 1 is 1.22 bits per heavy atom. The van der Waals surface area contributed by atoms with E-state index in [1.807, 2.05) is 17.0 Å². The molecule has 0 spiro atoms. The number of benzene rings is 1. The zero-order chi connectivity index (χ0) is 12.7. The van der Waals surface area contributed by atoms with Gasteiger partial charge in [0.1, 0.15) is 0 Å². The number of fused-ring (bicyclic) bond motifs is 2. The summed E-state index contributed by atoms with van der Waals surface area (Å²) in [5.74, 6) is 0.750. The summed E-state index contributed by atoms with van der Waals surface area (Å²) >= 11 is 0. The predicted octanol–water partition coefficient (Wildman–Crippen LogP) is 3.32. The molecule has 3 nitrogen and oxygen atoms in total. The largest absolute Gasteiger partial charge is 0.322 e. The van der Waals surface area contributed by atoms with Crippen LogP contribution in [0.5, 0.6) is 0 Å². The molecule has 2 amide bonds. The quantitative estimate of drug-likeness (QED) is 0.807. The van der Waals surface area contributed by atoms with E-state index in [1.165, 1.54) is 30.4 Å². The highest BCUT2D eigenvalue weighted by atomic mass is 16.2. The molecule has 0 aromatic heterocycles. The number of nitrogens with zero attached hydrogens (tertiary/aromatic N) is 1. The summed E-state index contributed by atoms with van der Waals surface area (Å²) in [7, 11) is 0. The highest BCUT2D eigenvalue weighted by Gasteiger charge is 2.40. The Labute approximate surface area is 108 Å². The Morgan fingerprint density at radius 3 is 2.50 bits per heavy atom. The Hall–Kier alpha value is -1.51. The van der Waals surface area contributed by atoms with Crippen molar-refractivity contribution in [2.45, 2.75) is 39.2 Å². The Kier molecular flexibility index (Phi) is 2.77. The fourth-order valence-corrected chi connectivity index (χ4v) is 3.42. The number of hydrogen-bond acceptors (Lipinski definition) is 1. The highest BCUT2D eigenvalue weighted by Crippen LogP contribution is 2.37. The molecule has 2 fully saturated rings. The van der Waals surface area contributed by atoms with Crippen LogP contribution in [0.2, 0.25) is 0 Å². The lowest BCUT2D eigenvalue weighted by Gasteiger charge is -2.27. The smallest absolute Gasteiger partial charge is 0.321 e. The zero-order valence-corrected chi connectivity index (χ0v) is 11.1. The van der Waals surface area contributed by atoms with Crippen molar-refractivity contribution in [2.75, 3.05) is 11.9 Å². The van der Waals surface area contributed by atoms with Crippen LogP contribution in [0.4, 0.5) is 10.5 Å². The first-order valence-electron chi connectivity index (χ1n) is 6.78. The van der Waals surface area contributed by atoms with E-state index in [2.05, 4.69) is 25.2 Å². The molecule has 1 saturated carbocycles. The topological polar surface area (TPSA) is 32.3 Å². The van der Waals surface area contributed by atoms with Crippen LogP contribution >= 0.6 is 0 Å². The second-order valence-corrected chi connectivity index (χ2v) is 5.79. The summed E-state index contributed by atoms with van der Waals surface area (Å²) in [5, 5.41) is 3.04. The lowest BCUT2D eigenvalue weighted by Crippen LogP contribution is -2.40. The van der Waals surface area contributed by atoms with Gasteiger partial charge in [-0.1, -0.05) is 6.07 Å². The minimum absolute atomic E-state index is 0.0761. The van der Waals surface area contributed by atoms with E-state index in [4.69, 9.17) is 0 Å². The summed E-state index contributed by atoms with van der Waals surface area (Å²) in [6.07, 6.45) is 3.70. The predicted molar refractivity (Wildman–Crippen MR) is 72.8 cm³/mol. The molecule has 2 unspecified atom stereocenters. The molecule has 2 bridgehead atoms. The van der Waals surface area contributed by atoms with Crippen molar-refractivity contribution >= 4 is 11.7 Å². The number of aryl methyl sites for hydroxylation is 2. The van der Waals surface area contributed by atoms with Crippen molar-refractivity contribution in [3.05, 3.63) is 29.3 Å². The number of piperidine rings is 1. The third kappa shape index (κ3) is 2.09. The second kappa shape index (κ2) is 4.30. The fourth-order valence-electron chi connectivity index (χ4n) is 3.42. The lowest BCUT2D eigenvalue weighted by atomic mass is 10.1. The molecule has 1 heterocycles. The first-order chi connectivity index (χ1) is 8.61. The van der Waals surface area contributed by atoms with Gasteiger partial charge in [0.15, 0.2) is 0 Å². The SMILES string of the molecule is Cc1cc(C)cc(NC(=O)N2CC3CCC2C3)c1. The molecule has 96 valence electrons. The van der Waals surface area contributed by atoms with Crippen LogP contribution in [-0.4, -0.2) is 23.5 Å². The van der Waals surface area contributed by atoms with Gasteiger partial charge in [-0.2, -0.15) is 0 Å². The van der Waals surface area contributed by atoms with Crippen molar-refractivity contribution < 1.29 is 4.79 Å². The van der Waals surface area contributed by atoms with Gasteiger partial charge in [0.2, 0.25) is 0 Å². The van der Waals surface area contributed by atoms with Gasteiger partial charge in [-0.05, 0) is 62.3 Å². The normalized spacial score (nSPS) is 25.6. The van der Waals surface area contributed by atoms with E-state index < -0.39 is 0 Å². The van der Waals surface area contributed by atoms with Gasteiger partial charge in [0, 0.05) is 18.3 Å². The highest BCUT2D eigenvalue weighted by molar-refractivity contribution is 5.90. The molecule has 1 N–H and O–H groups in total. The maximum atomic E-state index is 12.2. The number of urea groups is 1. The molecular weight excluding hydrogens is 224 g/mol. The fraction of sp³-hybridized carbons (Fsp3) is 0.533. The zero-order valence-electron chi connectivity index (χ0n) is 11.1. The van der Waals surface area contributed by atoms with Crippen molar-refractivity contribution in [3.8, 4) is 0 Å². The maximum absolute atomic E-state index is 12.2. The van der Waals surface area contributed by atoms with Crippen molar-refractivity contribution in [2.24, 2.45) is 5.92 Å². The van der Waals surface area contributed by atoms with Crippen LogP contribution in [-0.2, 0) is 0 Å². The van der Waals surface area contributed by atoms with Crippen molar-refractivity contribution in [1.29, 1.82) is 0 Å². The summed E-state index contributed by atoms with van der Waals surface area (Å²) in [5.41, 5.74) is 3.29. The average Bonchev–Trinajstić information content (AvgIpc) is 2.88. The van der Waals surface area contributed by atoms with Crippen LogP contribution in [0, 0.1) is 19.8 Å². The number of anilines is 1. The molecule has 1 aromatic rings. The van der Waals surface area contributed by atoms with Crippen LogP contribution < -0.4 is 5.32 Å². The summed E-state index contributed by atoms with van der Waals surface area (Å²) in [4.78, 5) is 14.3. The van der Waals surface area contributed by atoms with Gasteiger partial charge in [-0.15, -0.1) is 0 Å². The van der Waals surface area contributed by atoms with E-state index in [0.717, 1.165) is 18.2 Å². The van der Waals surface area contributed by atoms with Gasteiger partial charge in [-0.3, -0.25) is 0 Å². The van der Waals surface area contributed by atoms with Crippen LogP contribution in [0.3, 0.4) is 0 Å². The number of rotatable bonds is 1. The first-order valence-corrected chi connectivity index (χ1v) is 6.78. The first kappa shape index (κ1) is 11.6. The Balaban J connectivity index is 1.70. The lowest BCUT2D eigenvalue weighted by molar-refractivity contribution is 0.194. The van der Waals surface area contributed by atoms with E-state index in [9.17, 15) is 4.79 Å². The number of carbonyl (C=O) groups is 1. The maximum Gasteiger partial charge on any atom is 0.322 e. The molecule has 0 radical (unpaired) electrons. The summed E-state index contributed by atoms with van der Waals surface area (Å²) < 4.78 is 0. The molecule has 1 aliphatic carbocycles. The minimum Gasteiger partial charge on any atom is -0.321 e. The van der Waals surface area contributed by atoms with Crippen LogP contribution in [0.15, 0.2) is 18.2 Å². The number of carbonyl (C=O) groups excluding carboxylic acids is 1. The number of likely N-dealkylation sites (tertiary alicyclic amines) is 1. The van der Waals surface area contributed by atoms with Gasteiger partial charge in [0.05, 0.1) is 0 Å². The van der Waals surface area contributed by atoms with Gasteiger partial charge >= 0.3 is 6.03 Å². The van der Waals surface area contributed by atoms with Crippen LogP contribution in [0.1, 0.15) is 30.4 Å². The molecule has 2 aliphatic rings. The number of hydrogen-bond donors (Lipinski definition) is 1. The van der Waals surface area contributed by atoms with Gasteiger partial charge in [0.25, 0.3) is 0 Å². The second-order valence-electron chi connectivity index (χ2n) is 5.79. The average molecular weight is 244 g/mol. The van der Waals surface area contributed by atoms with Crippen LogP contribution in [0.25, 0.3) is 0 Å². The van der Waals surface area contributed by atoms with E-state index in [1.54, 1.807) is 0 Å². The monoisotopic (exact) mass is 244 g/mol. The molecule has 1 aliphatic heterocycles. The summed E-state index contributed by atoms with van der Waals surface area (Å²) in [6, 6.07) is 6.74. The third-order valence-electron chi connectivity index (χ3n) is 4.14. The third-order valence-corrected chi connectivity index (χ3v) is 4.14. The number of nitrogens with one attached hydrogen (secondary N) is 1. The molecule has 2 atom stereocenters. The Morgan fingerprint density at radius 2 is 1.94 bits per heavy atom. The van der Waals surface area contributed by atoms with Gasteiger partial charge in [-0.25, -0.2) is 4.79 Å². The standard InChI is InChI=1S/C15H20N2O/c1-10-5-11(2)7-13(6-10)16-15(18)17-9-12-3-4-14(17)8-12/h5-7,12,14H,3-4,8-9H2,1-2H3,(H,16,18). The Bertz CT molecular complexity index is 463. The summed E-state index contributed by atoms with van der Waals surface area (Å²) in [6.45, 7) is 5.06. The molecule has 1 saturated heterocycles. The minimum atomic E-state index is 0.0761. The molecular formula is C15H20N2O. The van der Waals surface area contributed by atoms with E-state index in [-0.39, 0.29) is 6.03 Å². The molecule has 18 heavy (non-hydrogen) atoms. The molecule has 1 aromatic carbocycles. The number of amides is 2. The van der Waals surface area contributed by atoms with Gasteiger partial charge < -0.3 is 10.2 Å². The van der Waals surface area contributed by atoms with E-state index >= 15 is 0 Å². The van der Waals surface area contributed by atoms with Crippen molar-refractivity contribution in [3.63, 3.8) is 0 Å².